The molecule has 0 fully saturated rings. The summed E-state index contributed by atoms with van der Waals surface area (Å²) in [6, 6.07) is 23.0. The number of carbonyl (C=O) groups excluding carboxylic acids is 1. The molecule has 3 rings (SSSR count). The van der Waals surface area contributed by atoms with Gasteiger partial charge < -0.3 is 14.8 Å². The van der Waals surface area contributed by atoms with E-state index in [4.69, 9.17) is 9.47 Å². The Morgan fingerprint density at radius 1 is 0.885 bits per heavy atom. The highest BCUT2D eigenvalue weighted by atomic mass is 16.5. The molecule has 132 valence electrons. The molecule has 0 radical (unpaired) electrons. The highest BCUT2D eigenvalue weighted by Gasteiger charge is 2.05. The number of nitrogens with one attached hydrogen (secondary N) is 1. The third-order valence-corrected chi connectivity index (χ3v) is 3.78. The molecule has 0 saturated heterocycles. The summed E-state index contributed by atoms with van der Waals surface area (Å²) in [6.07, 6.45) is 0. The summed E-state index contributed by atoms with van der Waals surface area (Å²) < 4.78 is 11.7. The van der Waals surface area contributed by atoms with E-state index >= 15 is 0 Å². The Hall–Kier alpha value is -3.27. The van der Waals surface area contributed by atoms with Crippen LogP contribution in [0.2, 0.25) is 0 Å². The molecule has 0 unspecified atom stereocenters. The van der Waals surface area contributed by atoms with Crippen LogP contribution in [-0.4, -0.2) is 5.91 Å². The van der Waals surface area contributed by atoms with Crippen LogP contribution in [0.5, 0.6) is 17.2 Å². The second-order valence-electron chi connectivity index (χ2n) is 6.02. The Bertz CT molecular complexity index is 888. The summed E-state index contributed by atoms with van der Waals surface area (Å²) in [5.74, 6) is 2.09. The lowest BCUT2D eigenvalue weighted by molar-refractivity contribution is -0.114. The number of hydrogen-bond donors (Lipinski definition) is 1. The third-order valence-electron chi connectivity index (χ3n) is 3.78. The first-order valence-corrected chi connectivity index (χ1v) is 8.43. The summed E-state index contributed by atoms with van der Waals surface area (Å²) in [4.78, 5) is 11.3. The molecule has 0 bridgehead atoms. The van der Waals surface area contributed by atoms with Crippen molar-refractivity contribution in [3.05, 3.63) is 83.9 Å². The van der Waals surface area contributed by atoms with Crippen molar-refractivity contribution in [1.29, 1.82) is 0 Å². The maximum absolute atomic E-state index is 11.3. The molecule has 0 spiro atoms. The molecule has 0 atom stereocenters. The Morgan fingerprint density at radius 3 is 2.38 bits per heavy atom. The van der Waals surface area contributed by atoms with Gasteiger partial charge in [0.05, 0.1) is 0 Å². The van der Waals surface area contributed by atoms with E-state index in [0.29, 0.717) is 18.1 Å². The Labute approximate surface area is 153 Å². The molecule has 3 aromatic carbocycles. The average Bonchev–Trinajstić information content (AvgIpc) is 2.63. The Kier molecular flexibility index (Phi) is 5.54. The van der Waals surface area contributed by atoms with Crippen molar-refractivity contribution >= 4 is 11.6 Å². The first-order valence-electron chi connectivity index (χ1n) is 8.43. The molecule has 0 saturated carbocycles. The molecule has 3 aromatic rings. The molecule has 0 aliphatic carbocycles. The van der Waals surface area contributed by atoms with Gasteiger partial charge >= 0.3 is 0 Å². The quantitative estimate of drug-likeness (QED) is 0.656. The molecule has 1 N–H and O–H groups in total. The van der Waals surface area contributed by atoms with Crippen LogP contribution in [-0.2, 0) is 11.4 Å². The normalized spacial score (nSPS) is 10.2. The number of carbonyl (C=O) groups is 1. The summed E-state index contributed by atoms with van der Waals surface area (Å²) in [5, 5.41) is 2.81. The van der Waals surface area contributed by atoms with Gasteiger partial charge in [-0.2, -0.15) is 0 Å². The zero-order valence-electron chi connectivity index (χ0n) is 14.9. The van der Waals surface area contributed by atoms with Crippen LogP contribution in [0, 0.1) is 6.92 Å². The van der Waals surface area contributed by atoms with E-state index < -0.39 is 0 Å². The Morgan fingerprint density at radius 2 is 1.62 bits per heavy atom. The van der Waals surface area contributed by atoms with E-state index in [1.807, 2.05) is 79.7 Å². The lowest BCUT2D eigenvalue weighted by Gasteiger charge is -2.12. The van der Waals surface area contributed by atoms with Crippen LogP contribution in [0.1, 0.15) is 18.1 Å². The summed E-state index contributed by atoms with van der Waals surface area (Å²) in [7, 11) is 0. The highest BCUT2D eigenvalue weighted by molar-refractivity contribution is 5.89. The minimum Gasteiger partial charge on any atom is -0.489 e. The first kappa shape index (κ1) is 17.5. The van der Waals surface area contributed by atoms with E-state index in [2.05, 4.69) is 5.32 Å². The van der Waals surface area contributed by atoms with Crippen molar-refractivity contribution in [2.24, 2.45) is 0 Å². The van der Waals surface area contributed by atoms with Crippen LogP contribution in [0.4, 0.5) is 5.69 Å². The SMILES string of the molecule is CC(=O)Nc1ccccc1COc1cccc(Oc2ccc(C)cc2)c1. The van der Waals surface area contributed by atoms with Gasteiger partial charge in [-0.3, -0.25) is 4.79 Å². The minimum atomic E-state index is -0.106. The second kappa shape index (κ2) is 8.21. The fourth-order valence-electron chi connectivity index (χ4n) is 2.49. The van der Waals surface area contributed by atoms with Gasteiger partial charge in [-0.05, 0) is 37.3 Å². The molecule has 0 aliphatic heterocycles. The van der Waals surface area contributed by atoms with Crippen molar-refractivity contribution in [3.8, 4) is 17.2 Å². The number of aryl methyl sites for hydroxylation is 1. The number of ether oxygens (including phenoxy) is 2. The largest absolute Gasteiger partial charge is 0.489 e. The first-order chi connectivity index (χ1) is 12.6. The topological polar surface area (TPSA) is 47.6 Å². The van der Waals surface area contributed by atoms with Crippen LogP contribution >= 0.6 is 0 Å². The molecule has 0 heterocycles. The summed E-state index contributed by atoms with van der Waals surface area (Å²) in [5.41, 5.74) is 2.85. The van der Waals surface area contributed by atoms with Gasteiger partial charge in [0.25, 0.3) is 0 Å². The van der Waals surface area contributed by atoms with E-state index in [-0.39, 0.29) is 5.91 Å². The van der Waals surface area contributed by atoms with Crippen LogP contribution < -0.4 is 14.8 Å². The zero-order chi connectivity index (χ0) is 18.4. The van der Waals surface area contributed by atoms with Crippen LogP contribution in [0.15, 0.2) is 72.8 Å². The smallest absolute Gasteiger partial charge is 0.221 e. The third kappa shape index (κ3) is 4.86. The van der Waals surface area contributed by atoms with Gasteiger partial charge in [-0.1, -0.05) is 42.0 Å². The van der Waals surface area contributed by atoms with E-state index in [0.717, 1.165) is 17.0 Å². The van der Waals surface area contributed by atoms with Crippen molar-refractivity contribution in [2.45, 2.75) is 20.5 Å². The molecular formula is C22H21NO3. The summed E-state index contributed by atoms with van der Waals surface area (Å²) in [6.45, 7) is 3.88. The van der Waals surface area contributed by atoms with Gasteiger partial charge in [0.1, 0.15) is 23.9 Å². The van der Waals surface area contributed by atoms with Crippen molar-refractivity contribution in [1.82, 2.24) is 0 Å². The molecular weight excluding hydrogens is 326 g/mol. The molecule has 4 nitrogen and oxygen atoms in total. The zero-order valence-corrected chi connectivity index (χ0v) is 14.9. The number of anilines is 1. The van der Waals surface area contributed by atoms with Gasteiger partial charge in [0.2, 0.25) is 5.91 Å². The van der Waals surface area contributed by atoms with Gasteiger partial charge in [0, 0.05) is 24.2 Å². The van der Waals surface area contributed by atoms with Gasteiger partial charge in [0.15, 0.2) is 0 Å². The highest BCUT2D eigenvalue weighted by Crippen LogP contribution is 2.26. The lowest BCUT2D eigenvalue weighted by Crippen LogP contribution is -2.09. The fraction of sp³-hybridized carbons (Fsp3) is 0.136. The van der Waals surface area contributed by atoms with Gasteiger partial charge in [-0.15, -0.1) is 0 Å². The van der Waals surface area contributed by atoms with E-state index in [1.54, 1.807) is 0 Å². The maximum Gasteiger partial charge on any atom is 0.221 e. The molecule has 4 heteroatoms. The lowest BCUT2D eigenvalue weighted by atomic mass is 10.2. The molecule has 1 amide bonds. The van der Waals surface area contributed by atoms with Crippen molar-refractivity contribution in [3.63, 3.8) is 0 Å². The molecule has 26 heavy (non-hydrogen) atoms. The van der Waals surface area contributed by atoms with E-state index in [9.17, 15) is 4.79 Å². The van der Waals surface area contributed by atoms with Crippen LogP contribution in [0.25, 0.3) is 0 Å². The van der Waals surface area contributed by atoms with Crippen molar-refractivity contribution in [2.75, 3.05) is 5.32 Å². The summed E-state index contributed by atoms with van der Waals surface area (Å²) >= 11 is 0. The monoisotopic (exact) mass is 347 g/mol. The number of amides is 1. The number of hydrogen-bond acceptors (Lipinski definition) is 3. The predicted molar refractivity (Wildman–Crippen MR) is 103 cm³/mol. The Balaban J connectivity index is 1.68. The average molecular weight is 347 g/mol. The van der Waals surface area contributed by atoms with Crippen LogP contribution in [0.3, 0.4) is 0 Å². The standard InChI is InChI=1S/C22H21NO3/c1-16-10-12-19(13-11-16)26-21-8-5-7-20(14-21)25-15-18-6-3-4-9-22(18)23-17(2)24/h3-14H,15H2,1-2H3,(H,23,24). The predicted octanol–water partition coefficient (Wildman–Crippen LogP) is 5.32. The second-order valence-corrected chi connectivity index (χ2v) is 6.02. The molecule has 0 aromatic heterocycles. The molecule has 0 aliphatic rings. The fourth-order valence-corrected chi connectivity index (χ4v) is 2.49. The number of rotatable bonds is 6. The van der Waals surface area contributed by atoms with Gasteiger partial charge in [-0.25, -0.2) is 0 Å². The van der Waals surface area contributed by atoms with E-state index in [1.165, 1.54) is 12.5 Å². The minimum absolute atomic E-state index is 0.106. The number of para-hydroxylation sites is 1. The van der Waals surface area contributed by atoms with Crippen molar-refractivity contribution < 1.29 is 14.3 Å². The maximum atomic E-state index is 11.3. The number of benzene rings is 3.